The Morgan fingerprint density at radius 1 is 1.27 bits per heavy atom. The molecule has 0 aromatic heterocycles. The van der Waals surface area contributed by atoms with E-state index in [0.29, 0.717) is 25.4 Å². The van der Waals surface area contributed by atoms with Crippen LogP contribution < -0.4 is 0 Å². The van der Waals surface area contributed by atoms with Gasteiger partial charge in [-0.15, -0.1) is 0 Å². The summed E-state index contributed by atoms with van der Waals surface area (Å²) in [5.41, 5.74) is 0.0770. The van der Waals surface area contributed by atoms with Crippen molar-refractivity contribution in [3.05, 3.63) is 0 Å². The van der Waals surface area contributed by atoms with Crippen LogP contribution in [0.2, 0.25) is 0 Å². The largest absolute Gasteiger partial charge is 0.446 e. The van der Waals surface area contributed by atoms with Gasteiger partial charge in [-0.25, -0.2) is 4.79 Å². The molecule has 0 spiro atoms. The molecule has 1 amide bonds. The Morgan fingerprint density at radius 2 is 1.77 bits per heavy atom. The lowest BCUT2D eigenvalue weighted by Gasteiger charge is -2.37. The maximum absolute atomic E-state index is 11.9. The molecule has 4 nitrogen and oxygen atoms in total. The third kappa shape index (κ3) is 6.68. The maximum Gasteiger partial charge on any atom is 0.410 e. The Hall–Kier alpha value is -1.24. The van der Waals surface area contributed by atoms with Crippen LogP contribution in [0.25, 0.3) is 0 Å². The second-order valence-electron chi connectivity index (χ2n) is 6.06. The first kappa shape index (κ1) is 20.8. The minimum absolute atomic E-state index is 0.0601. The summed E-state index contributed by atoms with van der Waals surface area (Å²) in [5, 5.41) is 8.79. The van der Waals surface area contributed by atoms with Crippen molar-refractivity contribution in [3.8, 4) is 6.07 Å². The third-order valence-corrected chi connectivity index (χ3v) is 4.31. The Labute approximate surface area is 136 Å². The van der Waals surface area contributed by atoms with Crippen LogP contribution in [0.5, 0.6) is 0 Å². The Balaban J connectivity index is 0.00000102. The van der Waals surface area contributed by atoms with Gasteiger partial charge in [-0.05, 0) is 43.9 Å². The lowest BCUT2D eigenvalue weighted by atomic mass is 9.78. The van der Waals surface area contributed by atoms with E-state index in [1.165, 1.54) is 12.8 Å². The molecule has 0 radical (unpaired) electrons. The molecule has 2 rings (SSSR count). The fraction of sp³-hybridized carbons (Fsp3) is 0.889. The van der Waals surface area contributed by atoms with Crippen molar-refractivity contribution < 1.29 is 9.53 Å². The van der Waals surface area contributed by atoms with Crippen molar-refractivity contribution in [1.82, 2.24) is 4.90 Å². The minimum Gasteiger partial charge on any atom is -0.446 e. The number of nitrogens with zero attached hydrogens (tertiary/aromatic N) is 2. The van der Waals surface area contributed by atoms with Gasteiger partial charge in [-0.1, -0.05) is 34.6 Å². The average Bonchev–Trinajstić information content (AvgIpc) is 3.37. The topological polar surface area (TPSA) is 53.3 Å². The Bertz CT molecular complexity index is 351. The highest BCUT2D eigenvalue weighted by atomic mass is 16.6. The molecule has 0 aromatic carbocycles. The molecule has 1 aliphatic heterocycles. The maximum atomic E-state index is 11.9. The summed E-state index contributed by atoms with van der Waals surface area (Å²) in [7, 11) is 0. The lowest BCUT2D eigenvalue weighted by molar-refractivity contribution is 0.0418. The lowest BCUT2D eigenvalue weighted by Crippen LogP contribution is -2.43. The number of ether oxygens (including phenoxy) is 1. The van der Waals surface area contributed by atoms with Crippen LogP contribution in [-0.4, -0.2) is 30.2 Å². The van der Waals surface area contributed by atoms with Crippen LogP contribution in [0, 0.1) is 22.7 Å². The highest BCUT2D eigenvalue weighted by Crippen LogP contribution is 2.36. The number of rotatable bonds is 3. The second kappa shape index (κ2) is 10.5. The minimum atomic E-state index is -0.173. The predicted octanol–water partition coefficient (Wildman–Crippen LogP) is 4.99. The molecule has 1 aliphatic carbocycles. The standard InChI is InChI=1S/C14H22N2O2.2C2H6/c1-11(12-3-4-12)18-13(17)16-9-6-14(2,5-8-15)7-10-16;2*1-2/h11-12H,3-7,9-10H2,1-2H3;2*1-2H3. The molecule has 4 heteroatoms. The van der Waals surface area contributed by atoms with E-state index in [9.17, 15) is 4.79 Å². The molecule has 1 saturated heterocycles. The van der Waals surface area contributed by atoms with Crippen LogP contribution >= 0.6 is 0 Å². The number of nitriles is 1. The predicted molar refractivity (Wildman–Crippen MR) is 90.5 cm³/mol. The van der Waals surface area contributed by atoms with Gasteiger partial charge in [0.2, 0.25) is 0 Å². The quantitative estimate of drug-likeness (QED) is 0.738. The number of hydrogen-bond donors (Lipinski definition) is 0. The summed E-state index contributed by atoms with van der Waals surface area (Å²) in [5.74, 6) is 0.586. The SMILES string of the molecule is CC.CC.CC(OC(=O)N1CCC(C)(CC#N)CC1)C1CC1. The van der Waals surface area contributed by atoms with Crippen molar-refractivity contribution in [2.45, 2.75) is 79.8 Å². The molecule has 128 valence electrons. The van der Waals surface area contributed by atoms with Crippen molar-refractivity contribution in [2.24, 2.45) is 11.3 Å². The molecule has 0 N–H and O–H groups in total. The molecule has 2 aliphatic rings. The molecular formula is C18H34N2O2. The number of likely N-dealkylation sites (tertiary alicyclic amines) is 1. The number of piperidine rings is 1. The van der Waals surface area contributed by atoms with E-state index in [-0.39, 0.29) is 17.6 Å². The third-order valence-electron chi connectivity index (χ3n) is 4.31. The summed E-state index contributed by atoms with van der Waals surface area (Å²) in [4.78, 5) is 13.7. The van der Waals surface area contributed by atoms with Crippen molar-refractivity contribution in [2.75, 3.05) is 13.1 Å². The first-order chi connectivity index (χ1) is 10.5. The van der Waals surface area contributed by atoms with Crippen LogP contribution in [0.4, 0.5) is 4.79 Å². The molecule has 1 heterocycles. The van der Waals surface area contributed by atoms with E-state index >= 15 is 0 Å². The summed E-state index contributed by atoms with van der Waals surface area (Å²) < 4.78 is 5.46. The van der Waals surface area contributed by atoms with Crippen LogP contribution in [-0.2, 0) is 4.74 Å². The van der Waals surface area contributed by atoms with Gasteiger partial charge in [0.25, 0.3) is 0 Å². The zero-order valence-electron chi connectivity index (χ0n) is 15.3. The highest BCUT2D eigenvalue weighted by molar-refractivity contribution is 5.68. The zero-order valence-corrected chi connectivity index (χ0v) is 15.3. The molecule has 1 saturated carbocycles. The van der Waals surface area contributed by atoms with Gasteiger partial charge in [0.15, 0.2) is 0 Å². The highest BCUT2D eigenvalue weighted by Gasteiger charge is 2.35. The van der Waals surface area contributed by atoms with E-state index in [4.69, 9.17) is 10.00 Å². The van der Waals surface area contributed by atoms with E-state index in [1.54, 1.807) is 4.90 Å². The molecule has 1 atom stereocenters. The van der Waals surface area contributed by atoms with Crippen LogP contribution in [0.15, 0.2) is 0 Å². The summed E-state index contributed by atoms with van der Waals surface area (Å²) in [6, 6.07) is 2.24. The van der Waals surface area contributed by atoms with Gasteiger partial charge in [-0.3, -0.25) is 0 Å². The number of amides is 1. The van der Waals surface area contributed by atoms with E-state index in [0.717, 1.165) is 12.8 Å². The van der Waals surface area contributed by atoms with Gasteiger partial charge in [-0.2, -0.15) is 5.26 Å². The first-order valence-electron chi connectivity index (χ1n) is 8.87. The average molecular weight is 310 g/mol. The number of carbonyl (C=O) groups excluding carboxylic acids is 1. The summed E-state index contributed by atoms with van der Waals surface area (Å²) >= 11 is 0. The van der Waals surface area contributed by atoms with Crippen LogP contribution in [0.3, 0.4) is 0 Å². The molecular weight excluding hydrogens is 276 g/mol. The Kier molecular flexibility index (Phi) is 9.89. The summed E-state index contributed by atoms with van der Waals surface area (Å²) in [6.45, 7) is 13.5. The molecule has 0 bridgehead atoms. The first-order valence-corrected chi connectivity index (χ1v) is 8.87. The van der Waals surface area contributed by atoms with E-state index < -0.39 is 0 Å². The van der Waals surface area contributed by atoms with Crippen LogP contribution in [0.1, 0.15) is 73.6 Å². The smallest absolute Gasteiger partial charge is 0.410 e. The molecule has 0 aromatic rings. The zero-order chi connectivity index (χ0) is 17.2. The Morgan fingerprint density at radius 3 is 2.18 bits per heavy atom. The number of carbonyl (C=O) groups is 1. The number of hydrogen-bond acceptors (Lipinski definition) is 3. The fourth-order valence-electron chi connectivity index (χ4n) is 2.49. The van der Waals surface area contributed by atoms with E-state index in [1.807, 2.05) is 34.6 Å². The summed E-state index contributed by atoms with van der Waals surface area (Å²) in [6.07, 6.45) is 4.64. The van der Waals surface area contributed by atoms with Gasteiger partial charge in [0, 0.05) is 19.5 Å². The normalized spacial score (nSPS) is 20.3. The van der Waals surface area contributed by atoms with Gasteiger partial charge in [0.05, 0.1) is 6.07 Å². The van der Waals surface area contributed by atoms with Gasteiger partial charge in [0.1, 0.15) is 6.10 Å². The van der Waals surface area contributed by atoms with Gasteiger partial charge < -0.3 is 9.64 Å². The molecule has 1 unspecified atom stereocenters. The monoisotopic (exact) mass is 310 g/mol. The van der Waals surface area contributed by atoms with E-state index in [2.05, 4.69) is 13.0 Å². The van der Waals surface area contributed by atoms with Crippen molar-refractivity contribution in [3.63, 3.8) is 0 Å². The molecule has 22 heavy (non-hydrogen) atoms. The second-order valence-corrected chi connectivity index (χ2v) is 6.06. The van der Waals surface area contributed by atoms with Crippen molar-refractivity contribution in [1.29, 1.82) is 5.26 Å². The molecule has 2 fully saturated rings. The fourth-order valence-corrected chi connectivity index (χ4v) is 2.49. The van der Waals surface area contributed by atoms with Crippen molar-refractivity contribution >= 4 is 6.09 Å². The van der Waals surface area contributed by atoms with Gasteiger partial charge >= 0.3 is 6.09 Å².